The van der Waals surface area contributed by atoms with Crippen molar-refractivity contribution < 1.29 is 14.4 Å². The lowest BCUT2D eigenvalue weighted by atomic mass is 10.1. The third-order valence-electron chi connectivity index (χ3n) is 3.44. The van der Waals surface area contributed by atoms with Crippen molar-refractivity contribution in [1.82, 2.24) is 0 Å². The van der Waals surface area contributed by atoms with E-state index in [0.717, 1.165) is 10.1 Å². The average molecular weight is 395 g/mol. The Hall–Kier alpha value is -2.28. The number of oxime groups is 1. The van der Waals surface area contributed by atoms with Crippen LogP contribution in [0.1, 0.15) is 15.9 Å². The van der Waals surface area contributed by atoms with Gasteiger partial charge in [-0.05, 0) is 47.2 Å². The minimum absolute atomic E-state index is 0.0125. The van der Waals surface area contributed by atoms with Crippen molar-refractivity contribution in [3.8, 4) is 5.75 Å². The first-order chi connectivity index (χ1) is 12.0. The van der Waals surface area contributed by atoms with Gasteiger partial charge in [-0.15, -0.1) is 11.3 Å². The lowest BCUT2D eigenvalue weighted by molar-refractivity contribution is 0.0512. The monoisotopic (exact) mass is 394 g/mol. The number of carbonyl (C=O) groups is 1. The highest BCUT2D eigenvalue weighted by molar-refractivity contribution is 7.17. The van der Waals surface area contributed by atoms with Crippen LogP contribution in [0, 0.1) is 0 Å². The molecule has 0 atom stereocenters. The lowest BCUT2D eigenvalue weighted by Crippen LogP contribution is -2.15. The molecular weight excluding hydrogens is 383 g/mol. The molecular formula is C17H12Cl2N2O3S. The average Bonchev–Trinajstić information content (AvgIpc) is 3.08. The molecule has 0 aliphatic carbocycles. The predicted molar refractivity (Wildman–Crippen MR) is 101 cm³/mol. The quantitative estimate of drug-likeness (QED) is 0.301. The van der Waals surface area contributed by atoms with Gasteiger partial charge in [-0.3, -0.25) is 0 Å². The standard InChI is InChI=1S/C17H12Cl2N2O3S/c1-23-15-12(19)4-3-11(18)14(15)17(22)24-21-16(20)10-2-5-13-9(8-10)6-7-25-13/h2-8H,1H3,(H2,20,21). The number of rotatable bonds is 4. The number of carbonyl (C=O) groups excluding carboxylic acids is 1. The van der Waals surface area contributed by atoms with E-state index in [1.807, 2.05) is 23.6 Å². The Morgan fingerprint density at radius 3 is 2.68 bits per heavy atom. The normalized spacial score (nSPS) is 11.6. The van der Waals surface area contributed by atoms with E-state index in [1.165, 1.54) is 19.2 Å². The molecule has 3 rings (SSSR count). The molecule has 128 valence electrons. The van der Waals surface area contributed by atoms with Crippen LogP contribution in [0.4, 0.5) is 0 Å². The summed E-state index contributed by atoms with van der Waals surface area (Å²) in [5, 5.41) is 7.09. The molecule has 0 aliphatic heterocycles. The zero-order valence-corrected chi connectivity index (χ0v) is 15.3. The molecule has 8 heteroatoms. The Balaban J connectivity index is 1.86. The van der Waals surface area contributed by atoms with Crippen molar-refractivity contribution >= 4 is 56.4 Å². The molecule has 25 heavy (non-hydrogen) atoms. The number of nitrogens with two attached hydrogens (primary N) is 1. The second kappa shape index (κ2) is 7.31. The van der Waals surface area contributed by atoms with E-state index in [1.54, 1.807) is 17.4 Å². The Morgan fingerprint density at radius 1 is 1.16 bits per heavy atom. The fraction of sp³-hybridized carbons (Fsp3) is 0.0588. The summed E-state index contributed by atoms with van der Waals surface area (Å²) in [4.78, 5) is 17.2. The van der Waals surface area contributed by atoms with Crippen LogP contribution in [0.3, 0.4) is 0 Å². The number of amidine groups is 1. The highest BCUT2D eigenvalue weighted by Gasteiger charge is 2.21. The summed E-state index contributed by atoms with van der Waals surface area (Å²) in [6.07, 6.45) is 0. The molecule has 0 unspecified atom stereocenters. The summed E-state index contributed by atoms with van der Waals surface area (Å²) in [6.45, 7) is 0. The van der Waals surface area contributed by atoms with E-state index in [0.29, 0.717) is 5.56 Å². The summed E-state index contributed by atoms with van der Waals surface area (Å²) >= 11 is 13.7. The molecule has 3 aromatic rings. The number of thiophene rings is 1. The molecule has 0 radical (unpaired) electrons. The maximum Gasteiger partial charge on any atom is 0.371 e. The van der Waals surface area contributed by atoms with Crippen molar-refractivity contribution in [2.45, 2.75) is 0 Å². The molecule has 1 aromatic heterocycles. The minimum Gasteiger partial charge on any atom is -0.494 e. The van der Waals surface area contributed by atoms with Crippen molar-refractivity contribution in [1.29, 1.82) is 0 Å². The third-order valence-corrected chi connectivity index (χ3v) is 4.95. The number of fused-ring (bicyclic) bond motifs is 1. The zero-order valence-electron chi connectivity index (χ0n) is 13.0. The van der Waals surface area contributed by atoms with E-state index in [4.69, 9.17) is 38.5 Å². The smallest absolute Gasteiger partial charge is 0.371 e. The fourth-order valence-electron chi connectivity index (χ4n) is 2.24. The number of ether oxygens (including phenoxy) is 1. The molecule has 0 fully saturated rings. The maximum absolute atomic E-state index is 12.3. The number of nitrogens with zero attached hydrogens (tertiary/aromatic N) is 1. The Morgan fingerprint density at radius 2 is 1.92 bits per heavy atom. The Labute approximate surface area is 157 Å². The molecule has 0 saturated carbocycles. The van der Waals surface area contributed by atoms with Gasteiger partial charge in [-0.1, -0.05) is 28.4 Å². The first-order valence-corrected chi connectivity index (χ1v) is 8.69. The second-order valence-electron chi connectivity index (χ2n) is 4.97. The van der Waals surface area contributed by atoms with Gasteiger partial charge in [-0.2, -0.15) is 0 Å². The van der Waals surface area contributed by atoms with Crippen LogP contribution in [0.5, 0.6) is 5.75 Å². The van der Waals surface area contributed by atoms with E-state index in [9.17, 15) is 4.79 Å². The highest BCUT2D eigenvalue weighted by Crippen LogP contribution is 2.34. The van der Waals surface area contributed by atoms with Gasteiger partial charge in [0.2, 0.25) is 0 Å². The summed E-state index contributed by atoms with van der Waals surface area (Å²) in [7, 11) is 1.38. The lowest BCUT2D eigenvalue weighted by Gasteiger charge is -2.09. The van der Waals surface area contributed by atoms with Gasteiger partial charge in [-0.25, -0.2) is 4.79 Å². The van der Waals surface area contributed by atoms with E-state index in [2.05, 4.69) is 5.16 Å². The topological polar surface area (TPSA) is 73.9 Å². The number of halogens is 2. The summed E-state index contributed by atoms with van der Waals surface area (Å²) in [5.41, 5.74) is 6.53. The highest BCUT2D eigenvalue weighted by atomic mass is 35.5. The van der Waals surface area contributed by atoms with Crippen molar-refractivity contribution in [2.75, 3.05) is 7.11 Å². The Bertz CT molecular complexity index is 985. The fourth-order valence-corrected chi connectivity index (χ4v) is 3.47. The van der Waals surface area contributed by atoms with Crippen LogP contribution in [0.15, 0.2) is 46.9 Å². The van der Waals surface area contributed by atoms with Crippen molar-refractivity contribution in [2.24, 2.45) is 10.9 Å². The maximum atomic E-state index is 12.3. The molecule has 0 aliphatic rings. The van der Waals surface area contributed by atoms with Crippen LogP contribution in [0.25, 0.3) is 10.1 Å². The SMILES string of the molecule is COc1c(Cl)ccc(Cl)c1C(=O)O/N=C(\N)c1ccc2sccc2c1. The third kappa shape index (κ3) is 3.56. The van der Waals surface area contributed by atoms with Crippen molar-refractivity contribution in [3.05, 3.63) is 63.0 Å². The van der Waals surface area contributed by atoms with Crippen LogP contribution in [-0.2, 0) is 4.84 Å². The zero-order chi connectivity index (χ0) is 18.0. The van der Waals surface area contributed by atoms with Gasteiger partial charge in [0, 0.05) is 10.3 Å². The first-order valence-electron chi connectivity index (χ1n) is 7.05. The van der Waals surface area contributed by atoms with Gasteiger partial charge >= 0.3 is 5.97 Å². The molecule has 0 bridgehead atoms. The number of hydrogen-bond donors (Lipinski definition) is 1. The molecule has 2 N–H and O–H groups in total. The molecule has 0 amide bonds. The Kier molecular flexibility index (Phi) is 5.13. The second-order valence-corrected chi connectivity index (χ2v) is 6.73. The van der Waals surface area contributed by atoms with E-state index in [-0.39, 0.29) is 27.2 Å². The largest absolute Gasteiger partial charge is 0.494 e. The van der Waals surface area contributed by atoms with Gasteiger partial charge in [0.05, 0.1) is 17.2 Å². The predicted octanol–water partition coefficient (Wildman–Crippen LogP) is 4.69. The van der Waals surface area contributed by atoms with Crippen molar-refractivity contribution in [3.63, 3.8) is 0 Å². The number of benzene rings is 2. The molecule has 0 spiro atoms. The molecule has 1 heterocycles. The molecule has 5 nitrogen and oxygen atoms in total. The summed E-state index contributed by atoms with van der Waals surface area (Å²) < 4.78 is 6.24. The number of hydrogen-bond acceptors (Lipinski definition) is 5. The van der Waals surface area contributed by atoms with E-state index < -0.39 is 5.97 Å². The summed E-state index contributed by atoms with van der Waals surface area (Å²) in [6, 6.07) is 10.6. The minimum atomic E-state index is -0.816. The molecule has 2 aromatic carbocycles. The first kappa shape index (κ1) is 17.5. The number of methoxy groups -OCH3 is 1. The van der Waals surface area contributed by atoms with Crippen LogP contribution in [0.2, 0.25) is 10.0 Å². The molecule has 0 saturated heterocycles. The van der Waals surface area contributed by atoms with Crippen LogP contribution < -0.4 is 10.5 Å². The van der Waals surface area contributed by atoms with Crippen LogP contribution in [-0.4, -0.2) is 18.9 Å². The van der Waals surface area contributed by atoms with Gasteiger partial charge in [0.15, 0.2) is 11.6 Å². The van der Waals surface area contributed by atoms with Gasteiger partial charge in [0.25, 0.3) is 0 Å². The summed E-state index contributed by atoms with van der Waals surface area (Å²) in [5.74, 6) is -0.630. The van der Waals surface area contributed by atoms with Crippen LogP contribution >= 0.6 is 34.5 Å². The van der Waals surface area contributed by atoms with E-state index >= 15 is 0 Å². The van der Waals surface area contributed by atoms with Gasteiger partial charge < -0.3 is 15.3 Å². The van der Waals surface area contributed by atoms with Gasteiger partial charge in [0.1, 0.15) is 5.56 Å².